The molecule has 2 N–H and O–H groups in total. The topological polar surface area (TPSA) is 45.7 Å². The molecule has 0 aromatic carbocycles. The third-order valence-corrected chi connectivity index (χ3v) is 2.84. The van der Waals surface area contributed by atoms with Gasteiger partial charge in [-0.25, -0.2) is 0 Å². The minimum Gasteiger partial charge on any atom is -0.382 e. The Hall–Kier alpha value is -0.770. The molecule has 4 heteroatoms. The van der Waals surface area contributed by atoms with E-state index in [4.69, 9.17) is 4.74 Å². The summed E-state index contributed by atoms with van der Waals surface area (Å²) in [7, 11) is 0. The summed E-state index contributed by atoms with van der Waals surface area (Å²) >= 11 is 0. The van der Waals surface area contributed by atoms with Gasteiger partial charge in [-0.05, 0) is 33.1 Å². The first kappa shape index (κ1) is 18.2. The van der Waals surface area contributed by atoms with Crippen molar-refractivity contribution in [1.29, 1.82) is 0 Å². The lowest BCUT2D eigenvalue weighted by atomic mass is 10.2. The Balaban J connectivity index is 3.62. The standard InChI is InChI=1S/C15H33N3O/c1-4-7-8-9-12-17-15(16-5-2)18-13-10-11-14-19-6-3/h4-14H2,1-3H3,(H2,16,17,18). The molecule has 0 aliphatic rings. The third kappa shape index (κ3) is 13.5. The minimum atomic E-state index is 0.815. The Morgan fingerprint density at radius 2 is 1.79 bits per heavy atom. The highest BCUT2D eigenvalue weighted by Gasteiger charge is 1.96. The second kappa shape index (κ2) is 15.3. The van der Waals surface area contributed by atoms with Crippen LogP contribution < -0.4 is 10.6 Å². The van der Waals surface area contributed by atoms with E-state index in [2.05, 4.69) is 29.5 Å². The van der Waals surface area contributed by atoms with Crippen molar-refractivity contribution in [3.05, 3.63) is 0 Å². The fourth-order valence-corrected chi connectivity index (χ4v) is 1.75. The van der Waals surface area contributed by atoms with Crippen molar-refractivity contribution in [1.82, 2.24) is 10.6 Å². The lowest BCUT2D eigenvalue weighted by molar-refractivity contribution is 0.143. The van der Waals surface area contributed by atoms with Gasteiger partial charge in [-0.3, -0.25) is 4.99 Å². The van der Waals surface area contributed by atoms with Crippen LogP contribution in [0.2, 0.25) is 0 Å². The lowest BCUT2D eigenvalue weighted by Crippen LogP contribution is -2.37. The van der Waals surface area contributed by atoms with Crippen LogP contribution in [0.4, 0.5) is 0 Å². The molecule has 0 unspecified atom stereocenters. The molecular weight excluding hydrogens is 238 g/mol. The van der Waals surface area contributed by atoms with E-state index in [-0.39, 0.29) is 0 Å². The maximum absolute atomic E-state index is 5.32. The molecule has 0 aliphatic heterocycles. The van der Waals surface area contributed by atoms with Crippen molar-refractivity contribution in [3.63, 3.8) is 0 Å². The van der Waals surface area contributed by atoms with Crippen LogP contribution in [0, 0.1) is 0 Å². The van der Waals surface area contributed by atoms with Crippen LogP contribution in [-0.4, -0.2) is 38.8 Å². The zero-order valence-corrected chi connectivity index (χ0v) is 13.1. The molecule has 0 saturated heterocycles. The number of guanidine groups is 1. The number of ether oxygens (including phenoxy) is 1. The van der Waals surface area contributed by atoms with Crippen molar-refractivity contribution < 1.29 is 4.74 Å². The summed E-state index contributed by atoms with van der Waals surface area (Å²) in [5.74, 6) is 0.954. The molecule has 0 atom stereocenters. The average Bonchev–Trinajstić information content (AvgIpc) is 2.42. The number of rotatable bonds is 12. The van der Waals surface area contributed by atoms with Crippen LogP contribution in [0.1, 0.15) is 59.3 Å². The maximum Gasteiger partial charge on any atom is 0.191 e. The van der Waals surface area contributed by atoms with Crippen molar-refractivity contribution in [2.24, 2.45) is 4.99 Å². The number of unbranched alkanes of at least 4 members (excludes halogenated alkanes) is 4. The SMILES string of the molecule is CCCCCCN=C(NCC)NCCCCOCC. The van der Waals surface area contributed by atoms with Gasteiger partial charge < -0.3 is 15.4 Å². The number of aliphatic imine (C=N–C) groups is 1. The predicted octanol–water partition coefficient (Wildman–Crippen LogP) is 2.94. The quantitative estimate of drug-likeness (QED) is 0.326. The van der Waals surface area contributed by atoms with E-state index in [9.17, 15) is 0 Å². The maximum atomic E-state index is 5.32. The molecule has 0 aliphatic carbocycles. The number of nitrogens with zero attached hydrogens (tertiary/aromatic N) is 1. The minimum absolute atomic E-state index is 0.815. The second-order valence-electron chi connectivity index (χ2n) is 4.65. The van der Waals surface area contributed by atoms with E-state index in [1.807, 2.05) is 6.92 Å². The van der Waals surface area contributed by atoms with Crippen LogP contribution in [-0.2, 0) is 4.74 Å². The van der Waals surface area contributed by atoms with E-state index in [0.717, 1.165) is 51.6 Å². The second-order valence-corrected chi connectivity index (χ2v) is 4.65. The fourth-order valence-electron chi connectivity index (χ4n) is 1.75. The van der Waals surface area contributed by atoms with Crippen LogP contribution in [0.15, 0.2) is 4.99 Å². The van der Waals surface area contributed by atoms with Gasteiger partial charge in [0, 0.05) is 32.8 Å². The van der Waals surface area contributed by atoms with Gasteiger partial charge in [0.05, 0.1) is 0 Å². The summed E-state index contributed by atoms with van der Waals surface area (Å²) in [6.07, 6.45) is 7.30. The van der Waals surface area contributed by atoms with E-state index < -0.39 is 0 Å². The zero-order chi connectivity index (χ0) is 14.2. The molecule has 0 bridgehead atoms. The first-order valence-corrected chi connectivity index (χ1v) is 7.95. The normalized spacial score (nSPS) is 11.6. The lowest BCUT2D eigenvalue weighted by Gasteiger charge is -2.11. The molecule has 0 aromatic heterocycles. The van der Waals surface area contributed by atoms with Gasteiger partial charge in [0.2, 0.25) is 0 Å². The van der Waals surface area contributed by atoms with Gasteiger partial charge in [-0.15, -0.1) is 0 Å². The van der Waals surface area contributed by atoms with Crippen LogP contribution >= 0.6 is 0 Å². The molecule has 0 rings (SSSR count). The highest BCUT2D eigenvalue weighted by molar-refractivity contribution is 5.79. The molecule has 4 nitrogen and oxygen atoms in total. The monoisotopic (exact) mass is 271 g/mol. The van der Waals surface area contributed by atoms with E-state index >= 15 is 0 Å². The zero-order valence-electron chi connectivity index (χ0n) is 13.1. The summed E-state index contributed by atoms with van der Waals surface area (Å²) in [6, 6.07) is 0. The Labute approximate surface area is 119 Å². The molecular formula is C15H33N3O. The summed E-state index contributed by atoms with van der Waals surface area (Å²) < 4.78 is 5.32. The van der Waals surface area contributed by atoms with Crippen LogP contribution in [0.5, 0.6) is 0 Å². The van der Waals surface area contributed by atoms with Gasteiger partial charge >= 0.3 is 0 Å². The summed E-state index contributed by atoms with van der Waals surface area (Å²) in [4.78, 5) is 4.58. The first-order valence-electron chi connectivity index (χ1n) is 7.95. The van der Waals surface area contributed by atoms with Gasteiger partial charge in [0.15, 0.2) is 5.96 Å². The van der Waals surface area contributed by atoms with Crippen molar-refractivity contribution in [2.75, 3.05) is 32.8 Å². The van der Waals surface area contributed by atoms with Gasteiger partial charge in [-0.2, -0.15) is 0 Å². The number of nitrogens with one attached hydrogen (secondary N) is 2. The van der Waals surface area contributed by atoms with Crippen molar-refractivity contribution >= 4 is 5.96 Å². The summed E-state index contributed by atoms with van der Waals surface area (Å²) in [5.41, 5.74) is 0. The molecule has 19 heavy (non-hydrogen) atoms. The van der Waals surface area contributed by atoms with E-state index in [1.54, 1.807) is 0 Å². The first-order chi connectivity index (χ1) is 9.35. The average molecular weight is 271 g/mol. The van der Waals surface area contributed by atoms with Gasteiger partial charge in [-0.1, -0.05) is 26.2 Å². The van der Waals surface area contributed by atoms with E-state index in [1.165, 1.54) is 25.7 Å². The third-order valence-electron chi connectivity index (χ3n) is 2.84. The Morgan fingerprint density at radius 3 is 2.47 bits per heavy atom. The number of hydrogen-bond donors (Lipinski definition) is 2. The Kier molecular flexibility index (Phi) is 14.7. The molecule has 0 saturated carbocycles. The van der Waals surface area contributed by atoms with Gasteiger partial charge in [0.1, 0.15) is 0 Å². The fraction of sp³-hybridized carbons (Fsp3) is 0.933. The van der Waals surface area contributed by atoms with Gasteiger partial charge in [0.25, 0.3) is 0 Å². The molecule has 114 valence electrons. The highest BCUT2D eigenvalue weighted by atomic mass is 16.5. The largest absolute Gasteiger partial charge is 0.382 e. The molecule has 0 heterocycles. The summed E-state index contributed by atoms with van der Waals surface area (Å²) in [6.45, 7) is 10.9. The molecule has 0 amide bonds. The molecule has 0 spiro atoms. The summed E-state index contributed by atoms with van der Waals surface area (Å²) in [5, 5.41) is 6.66. The predicted molar refractivity (Wildman–Crippen MR) is 83.9 cm³/mol. The van der Waals surface area contributed by atoms with Crippen molar-refractivity contribution in [3.8, 4) is 0 Å². The number of hydrogen-bond acceptors (Lipinski definition) is 2. The Morgan fingerprint density at radius 1 is 0.947 bits per heavy atom. The smallest absolute Gasteiger partial charge is 0.191 e. The van der Waals surface area contributed by atoms with Crippen LogP contribution in [0.25, 0.3) is 0 Å². The van der Waals surface area contributed by atoms with E-state index in [0.29, 0.717) is 0 Å². The highest BCUT2D eigenvalue weighted by Crippen LogP contribution is 1.98. The van der Waals surface area contributed by atoms with Crippen LogP contribution in [0.3, 0.4) is 0 Å². The Bertz CT molecular complexity index is 208. The van der Waals surface area contributed by atoms with Crippen molar-refractivity contribution in [2.45, 2.75) is 59.3 Å². The molecule has 0 fully saturated rings. The molecule has 0 radical (unpaired) electrons. The molecule has 0 aromatic rings.